The highest BCUT2D eigenvalue weighted by Gasteiger charge is 2.39. The van der Waals surface area contributed by atoms with Gasteiger partial charge in [0.25, 0.3) is 5.91 Å². The molecule has 6 amide bonds. The first-order chi connectivity index (χ1) is 37.1. The average molecular weight is 1100 g/mol. The van der Waals surface area contributed by atoms with E-state index in [1.807, 2.05) is 49.2 Å². The van der Waals surface area contributed by atoms with Crippen LogP contribution in [0.5, 0.6) is 0 Å². The molecule has 2 aromatic carbocycles. The zero-order valence-electron chi connectivity index (χ0n) is 45.7. The number of likely N-dealkylation sites (tertiary alicyclic amines) is 1. The molecule has 2 fully saturated rings. The zero-order valence-corrected chi connectivity index (χ0v) is 45.7. The SMILES string of the molecule is CN=C(N)NCCCC(C)N1C(=O)C(NC=O)CC1C.CNNC(=O)CNC(=O)CN1CCN(CC(=O)O)CCN(CC(=O)O)CCN(CC(=O)O)CC1.Cc1c[nH]c2ccccc12.Cc1ccccc1.NC(=O)CNC=O. The molecule has 0 saturated carbocycles. The van der Waals surface area contributed by atoms with Crippen molar-refractivity contribution in [2.75, 3.05) is 112 Å². The number of nitrogens with zero attached hydrogens (tertiary/aromatic N) is 6. The Balaban J connectivity index is 0.000000570. The van der Waals surface area contributed by atoms with Crippen molar-refractivity contribution in [1.29, 1.82) is 0 Å². The highest BCUT2D eigenvalue weighted by molar-refractivity contribution is 5.87. The number of carbonyl (C=O) groups excluding carboxylic acids is 6. The van der Waals surface area contributed by atoms with Crippen molar-refractivity contribution in [1.82, 2.24) is 61.6 Å². The monoisotopic (exact) mass is 1100 g/mol. The molecule has 0 bridgehead atoms. The lowest BCUT2D eigenvalue weighted by atomic mass is 10.1. The largest absolute Gasteiger partial charge is 0.480 e. The number of benzene rings is 2. The third-order valence-corrected chi connectivity index (χ3v) is 11.9. The van der Waals surface area contributed by atoms with Crippen molar-refractivity contribution < 1.29 is 58.5 Å². The lowest BCUT2D eigenvalue weighted by Crippen LogP contribution is -2.50. The molecule has 2 saturated heterocycles. The number of guanidine groups is 1. The van der Waals surface area contributed by atoms with Gasteiger partial charge < -0.3 is 57.9 Å². The second-order valence-corrected chi connectivity index (χ2v) is 18.2. The number of H-pyrrole nitrogens is 1. The van der Waals surface area contributed by atoms with Crippen LogP contribution in [0.25, 0.3) is 10.9 Å². The average Bonchev–Trinajstić information content (AvgIpc) is 3.91. The summed E-state index contributed by atoms with van der Waals surface area (Å²) in [5.74, 6) is -3.99. The van der Waals surface area contributed by atoms with Crippen molar-refractivity contribution in [2.24, 2.45) is 16.5 Å². The number of aryl methyl sites for hydroxylation is 2. The first-order valence-electron chi connectivity index (χ1n) is 25.4. The van der Waals surface area contributed by atoms with Crippen LogP contribution in [-0.2, 0) is 43.2 Å². The summed E-state index contributed by atoms with van der Waals surface area (Å²) >= 11 is 0. The van der Waals surface area contributed by atoms with E-state index in [2.05, 4.69) is 92.0 Å². The zero-order chi connectivity index (χ0) is 58.4. The van der Waals surface area contributed by atoms with Crippen LogP contribution in [-0.4, -0.2) is 236 Å². The predicted molar refractivity (Wildman–Crippen MR) is 295 cm³/mol. The smallest absolute Gasteiger partial charge is 0.317 e. The summed E-state index contributed by atoms with van der Waals surface area (Å²) in [7, 11) is 3.15. The normalized spacial score (nSPS) is 16.9. The summed E-state index contributed by atoms with van der Waals surface area (Å²) in [6, 6.07) is 18.5. The van der Waals surface area contributed by atoms with Gasteiger partial charge in [0.2, 0.25) is 30.5 Å². The standard InChI is InChI=1S/C19H35N7O8.C13H25N5O2.C9H9N.C7H8.C3H6N2O2/c1-20-22-15(27)10-21-16(28)11-23-2-4-24(12-17(29)30)6-8-26(14-19(33)34)9-7-25(5-3-23)13-18(31)32;1-9(5-4-6-16-13(14)15-3)18-10(2)7-11(12(18)20)17-8-19;1-7-6-10-9-5-3-2-4-8(7)9;1-7-5-3-2-4-6-7;4-3(7)1-5-2-6/h20H,2-14H2,1H3,(H,21,28)(H,22,27)(H,29,30)(H,31,32)(H,33,34);8-11H,4-7H2,1-3H3,(H,17,19)(H3,14,15,16);2-6,10H,1H3;2-6H,1H3;2H,1H2,(H2,4,7)(H,5,6). The van der Waals surface area contributed by atoms with Gasteiger partial charge in [-0.1, -0.05) is 54.1 Å². The maximum absolute atomic E-state index is 12.3. The molecule has 0 radical (unpaired) electrons. The van der Waals surface area contributed by atoms with Crippen LogP contribution in [0.2, 0.25) is 0 Å². The van der Waals surface area contributed by atoms with Crippen LogP contribution < -0.4 is 43.6 Å². The highest BCUT2D eigenvalue weighted by atomic mass is 16.4. The van der Waals surface area contributed by atoms with Crippen LogP contribution in [0, 0.1) is 13.8 Å². The Kier molecular flexibility index (Phi) is 34.7. The van der Waals surface area contributed by atoms with Gasteiger partial charge in [0.1, 0.15) is 6.04 Å². The third-order valence-electron chi connectivity index (χ3n) is 11.9. The summed E-state index contributed by atoms with van der Waals surface area (Å²) in [6.07, 6.45) is 5.51. The number of carbonyl (C=O) groups is 9. The van der Waals surface area contributed by atoms with E-state index in [1.54, 1.807) is 26.6 Å². The van der Waals surface area contributed by atoms with Gasteiger partial charge in [-0.15, -0.1) is 0 Å². The Hall–Kier alpha value is -7.72. The van der Waals surface area contributed by atoms with Crippen LogP contribution in [0.3, 0.4) is 0 Å². The minimum atomic E-state index is -1.03. The quantitative estimate of drug-likeness (QED) is 0.0179. The number of primary amides is 1. The Bertz CT molecular complexity index is 2290. The number of hydrogen-bond donors (Lipinski definition) is 12. The fourth-order valence-electron chi connectivity index (χ4n) is 7.96. The molecule has 0 aliphatic carbocycles. The number of hydrazine groups is 1. The van der Waals surface area contributed by atoms with Crippen molar-refractivity contribution in [3.63, 3.8) is 0 Å². The van der Waals surface area contributed by atoms with Gasteiger partial charge in [-0.2, -0.15) is 0 Å². The minimum Gasteiger partial charge on any atom is -0.480 e. The van der Waals surface area contributed by atoms with E-state index < -0.39 is 35.6 Å². The molecule has 3 atom stereocenters. The van der Waals surface area contributed by atoms with Crippen molar-refractivity contribution in [2.45, 2.75) is 65.1 Å². The molecular formula is C51H83N15O12. The van der Waals surface area contributed by atoms with Gasteiger partial charge in [-0.05, 0) is 58.6 Å². The number of fused-ring (bicyclic) bond motifs is 1. The number of aliphatic imine (C=N–C) groups is 1. The number of rotatable bonds is 21. The number of aliphatic carboxylic acids is 3. The molecule has 434 valence electrons. The fraction of sp³-hybridized carbons (Fsp3) is 0.529. The van der Waals surface area contributed by atoms with Crippen LogP contribution >= 0.6 is 0 Å². The number of nitrogens with one attached hydrogen (secondary N) is 7. The number of carboxylic acid groups (broad SMARTS) is 3. The molecule has 1 aromatic heterocycles. The van der Waals surface area contributed by atoms with Gasteiger partial charge >= 0.3 is 17.9 Å². The fourth-order valence-corrected chi connectivity index (χ4v) is 7.96. The third kappa shape index (κ3) is 30.7. The van der Waals surface area contributed by atoms with E-state index in [1.165, 1.54) is 29.1 Å². The number of nitrogens with two attached hydrogens (primary N) is 2. The van der Waals surface area contributed by atoms with Crippen LogP contribution in [0.15, 0.2) is 65.8 Å². The van der Waals surface area contributed by atoms with Crippen molar-refractivity contribution >= 4 is 71.2 Å². The van der Waals surface area contributed by atoms with Crippen molar-refractivity contribution in [3.8, 4) is 0 Å². The van der Waals surface area contributed by atoms with E-state index in [9.17, 15) is 58.5 Å². The summed E-state index contributed by atoms with van der Waals surface area (Å²) < 4.78 is 0. The van der Waals surface area contributed by atoms with Gasteiger partial charge in [-0.25, -0.2) is 5.43 Å². The Morgan fingerprint density at radius 2 is 1.26 bits per heavy atom. The first kappa shape index (κ1) is 68.3. The number of para-hydroxylation sites is 1. The van der Waals surface area contributed by atoms with E-state index >= 15 is 0 Å². The number of aromatic nitrogens is 1. The second-order valence-electron chi connectivity index (χ2n) is 18.2. The predicted octanol–water partition coefficient (Wildman–Crippen LogP) is -2.06. The molecule has 3 heterocycles. The summed E-state index contributed by atoms with van der Waals surface area (Å²) in [6.45, 7) is 10.3. The molecule has 27 nitrogen and oxygen atoms in total. The molecule has 2 aliphatic rings. The second kappa shape index (κ2) is 39.6. The van der Waals surface area contributed by atoms with E-state index in [0.29, 0.717) is 77.6 Å². The van der Waals surface area contributed by atoms with Crippen LogP contribution in [0.1, 0.15) is 44.2 Å². The number of hydrogen-bond acceptors (Lipinski definition) is 15. The van der Waals surface area contributed by atoms with E-state index in [4.69, 9.17) is 5.73 Å². The molecule has 27 heteroatoms. The van der Waals surface area contributed by atoms with Crippen LogP contribution in [0.4, 0.5) is 0 Å². The molecular weight excluding hydrogens is 1010 g/mol. The van der Waals surface area contributed by atoms with Crippen molar-refractivity contribution in [3.05, 3.63) is 71.9 Å². The highest BCUT2D eigenvalue weighted by Crippen LogP contribution is 2.23. The van der Waals surface area contributed by atoms with Gasteiger partial charge in [0.15, 0.2) is 5.96 Å². The van der Waals surface area contributed by atoms with Gasteiger partial charge in [0, 0.05) is 102 Å². The molecule has 78 heavy (non-hydrogen) atoms. The molecule has 3 aromatic rings. The molecule has 2 aliphatic heterocycles. The molecule has 0 spiro atoms. The van der Waals surface area contributed by atoms with E-state index in [-0.39, 0.29) is 63.3 Å². The Labute approximate surface area is 455 Å². The van der Waals surface area contributed by atoms with Gasteiger partial charge in [-0.3, -0.25) is 73.2 Å². The van der Waals surface area contributed by atoms with Gasteiger partial charge in [0.05, 0.1) is 39.3 Å². The Morgan fingerprint density at radius 1 is 0.744 bits per heavy atom. The topological polar surface area (TPSA) is 383 Å². The first-order valence-corrected chi connectivity index (χ1v) is 25.4. The summed E-state index contributed by atoms with van der Waals surface area (Å²) in [5.41, 5.74) is 18.8. The maximum Gasteiger partial charge on any atom is 0.317 e. The summed E-state index contributed by atoms with van der Waals surface area (Å²) in [5, 5.41) is 39.1. The lowest BCUT2D eigenvalue weighted by Gasteiger charge is -2.32. The van der Waals surface area contributed by atoms with E-state index in [0.717, 1.165) is 19.4 Å². The lowest BCUT2D eigenvalue weighted by molar-refractivity contribution is -0.140. The molecule has 3 unspecified atom stereocenters. The maximum atomic E-state index is 12.3. The number of amides is 6. The number of aromatic amines is 1. The minimum absolute atomic E-state index is 0.0136. The summed E-state index contributed by atoms with van der Waals surface area (Å²) in [4.78, 5) is 115. The molecule has 14 N–H and O–H groups in total. The Morgan fingerprint density at radius 3 is 1.68 bits per heavy atom. The molecule has 5 rings (SSSR count). The number of carboxylic acids is 3.